The molecule has 0 bridgehead atoms. The number of aryl methyl sites for hydroxylation is 1. The highest BCUT2D eigenvalue weighted by Gasteiger charge is 2.21. The Hall–Kier alpha value is -3.46. The molecular weight excluding hydrogens is 399 g/mol. The normalized spacial score (nSPS) is 11.0. The van der Waals surface area contributed by atoms with Crippen LogP contribution in [0.5, 0.6) is 0 Å². The molecule has 1 N–H and O–H groups in total. The van der Waals surface area contributed by atoms with E-state index in [9.17, 15) is 9.18 Å². The van der Waals surface area contributed by atoms with Crippen LogP contribution in [0.15, 0.2) is 53.4 Å². The van der Waals surface area contributed by atoms with Crippen LogP contribution >= 0.6 is 11.6 Å². The van der Waals surface area contributed by atoms with Crippen LogP contribution in [0, 0.1) is 12.7 Å². The Labute approximate surface area is 169 Å². The predicted molar refractivity (Wildman–Crippen MR) is 103 cm³/mol. The number of nitrogens with zero attached hydrogens (tertiary/aromatic N) is 5. The summed E-state index contributed by atoms with van der Waals surface area (Å²) in [6.07, 6.45) is 4.80. The summed E-state index contributed by atoms with van der Waals surface area (Å²) in [5.41, 5.74) is 1.23. The smallest absolute Gasteiger partial charge is 0.279 e. The minimum absolute atomic E-state index is 0.137. The fourth-order valence-corrected chi connectivity index (χ4v) is 2.99. The lowest BCUT2D eigenvalue weighted by Gasteiger charge is -2.04. The van der Waals surface area contributed by atoms with E-state index in [-0.39, 0.29) is 24.6 Å². The van der Waals surface area contributed by atoms with Crippen LogP contribution in [0.25, 0.3) is 0 Å². The molecule has 1 amide bonds. The van der Waals surface area contributed by atoms with Gasteiger partial charge in [0, 0.05) is 29.6 Å². The van der Waals surface area contributed by atoms with Gasteiger partial charge in [0.2, 0.25) is 0 Å². The molecule has 0 atom stereocenters. The minimum atomic E-state index is -0.466. The lowest BCUT2D eigenvalue weighted by Crippen LogP contribution is -2.16. The van der Waals surface area contributed by atoms with Gasteiger partial charge in [-0.05, 0) is 13.0 Å². The second kappa shape index (κ2) is 7.88. The number of nitrogens with one attached hydrogen (secondary N) is 1. The molecule has 8 nitrogen and oxygen atoms in total. The highest BCUT2D eigenvalue weighted by molar-refractivity contribution is 6.30. The Balaban J connectivity index is 1.48. The third-order valence-electron chi connectivity index (χ3n) is 4.29. The van der Waals surface area contributed by atoms with Crippen molar-refractivity contribution < 1.29 is 13.7 Å². The van der Waals surface area contributed by atoms with Gasteiger partial charge < -0.3 is 9.84 Å². The molecule has 0 aliphatic heterocycles. The van der Waals surface area contributed by atoms with Gasteiger partial charge in [0.25, 0.3) is 5.91 Å². The van der Waals surface area contributed by atoms with Gasteiger partial charge in [-0.2, -0.15) is 10.2 Å². The molecule has 4 rings (SSSR count). The van der Waals surface area contributed by atoms with Crippen molar-refractivity contribution in [3.05, 3.63) is 82.3 Å². The van der Waals surface area contributed by atoms with Crippen molar-refractivity contribution in [2.75, 3.05) is 5.32 Å². The van der Waals surface area contributed by atoms with Crippen molar-refractivity contribution in [1.29, 1.82) is 0 Å². The SMILES string of the molecule is Cc1onc(C(=O)Nc2ccn(Cc3ccccc3F)n2)c1Cn1cc(Cl)cn1. The van der Waals surface area contributed by atoms with Gasteiger partial charge in [0.05, 0.1) is 24.3 Å². The molecule has 0 fully saturated rings. The summed E-state index contributed by atoms with van der Waals surface area (Å²) >= 11 is 5.88. The van der Waals surface area contributed by atoms with E-state index in [0.29, 0.717) is 27.7 Å². The average molecular weight is 415 g/mol. The van der Waals surface area contributed by atoms with Gasteiger partial charge in [-0.1, -0.05) is 35.0 Å². The summed E-state index contributed by atoms with van der Waals surface area (Å²) in [6, 6.07) is 8.08. The zero-order valence-corrected chi connectivity index (χ0v) is 16.1. The Morgan fingerprint density at radius 2 is 2.07 bits per heavy atom. The average Bonchev–Trinajstić information content (AvgIpc) is 3.39. The monoisotopic (exact) mass is 414 g/mol. The van der Waals surface area contributed by atoms with Crippen molar-refractivity contribution >= 4 is 23.3 Å². The molecule has 1 aromatic carbocycles. The molecule has 0 radical (unpaired) electrons. The van der Waals surface area contributed by atoms with Crippen LogP contribution in [-0.4, -0.2) is 30.6 Å². The maximum atomic E-state index is 13.8. The van der Waals surface area contributed by atoms with Gasteiger partial charge in [-0.3, -0.25) is 14.2 Å². The number of rotatable bonds is 6. The van der Waals surface area contributed by atoms with E-state index in [1.54, 1.807) is 48.3 Å². The molecule has 29 heavy (non-hydrogen) atoms. The fourth-order valence-electron chi connectivity index (χ4n) is 2.84. The molecule has 3 heterocycles. The highest BCUT2D eigenvalue weighted by Crippen LogP contribution is 2.18. The first-order valence-corrected chi connectivity index (χ1v) is 9.08. The van der Waals surface area contributed by atoms with Gasteiger partial charge in [0.15, 0.2) is 11.5 Å². The highest BCUT2D eigenvalue weighted by atomic mass is 35.5. The molecule has 4 aromatic rings. The Bertz CT molecular complexity index is 1170. The first-order valence-electron chi connectivity index (χ1n) is 8.71. The molecule has 10 heteroatoms. The third kappa shape index (κ3) is 4.19. The number of benzene rings is 1. The quantitative estimate of drug-likeness (QED) is 0.521. The molecule has 3 aromatic heterocycles. The van der Waals surface area contributed by atoms with Crippen molar-refractivity contribution in [2.45, 2.75) is 20.0 Å². The predicted octanol–water partition coefficient (Wildman–Crippen LogP) is 3.52. The third-order valence-corrected chi connectivity index (χ3v) is 4.49. The van der Waals surface area contributed by atoms with Crippen molar-refractivity contribution in [3.8, 4) is 0 Å². The number of halogens is 2. The van der Waals surface area contributed by atoms with E-state index >= 15 is 0 Å². The minimum Gasteiger partial charge on any atom is -0.361 e. The summed E-state index contributed by atoms with van der Waals surface area (Å²) in [4.78, 5) is 12.7. The lowest BCUT2D eigenvalue weighted by atomic mass is 10.2. The van der Waals surface area contributed by atoms with Crippen LogP contribution in [-0.2, 0) is 13.1 Å². The standard InChI is InChI=1S/C19H16ClFN6O2/c1-12-15(11-27-10-14(20)8-22-27)18(25-29-12)19(28)23-17-6-7-26(24-17)9-13-4-2-3-5-16(13)21/h2-8,10H,9,11H2,1H3,(H,23,24,28). The van der Waals surface area contributed by atoms with E-state index in [1.165, 1.54) is 16.9 Å². The summed E-state index contributed by atoms with van der Waals surface area (Å²) in [7, 11) is 0. The maximum absolute atomic E-state index is 13.8. The Kier molecular flexibility index (Phi) is 5.13. The second-order valence-electron chi connectivity index (χ2n) is 6.37. The van der Waals surface area contributed by atoms with Crippen LogP contribution in [0.2, 0.25) is 5.02 Å². The number of carbonyl (C=O) groups excluding carboxylic acids is 1. The van der Waals surface area contributed by atoms with E-state index in [4.69, 9.17) is 16.1 Å². The fraction of sp³-hybridized carbons (Fsp3) is 0.158. The Morgan fingerprint density at radius 3 is 2.83 bits per heavy atom. The summed E-state index contributed by atoms with van der Waals surface area (Å²) in [5, 5.41) is 15.4. The topological polar surface area (TPSA) is 90.8 Å². The van der Waals surface area contributed by atoms with Crippen LogP contribution < -0.4 is 5.32 Å². The van der Waals surface area contributed by atoms with E-state index < -0.39 is 5.91 Å². The summed E-state index contributed by atoms with van der Waals surface area (Å²) in [5.74, 6) is 0.0493. The molecule has 0 saturated heterocycles. The van der Waals surface area contributed by atoms with Crippen molar-refractivity contribution in [2.24, 2.45) is 0 Å². The number of hydrogen-bond donors (Lipinski definition) is 1. The first-order chi connectivity index (χ1) is 14.0. The molecule has 0 spiro atoms. The first kappa shape index (κ1) is 18.9. The van der Waals surface area contributed by atoms with Crippen molar-refractivity contribution in [3.63, 3.8) is 0 Å². The molecular formula is C19H16ClFN6O2. The number of anilines is 1. The number of carbonyl (C=O) groups is 1. The number of aromatic nitrogens is 5. The van der Waals surface area contributed by atoms with Crippen molar-refractivity contribution in [1.82, 2.24) is 24.7 Å². The van der Waals surface area contributed by atoms with Gasteiger partial charge >= 0.3 is 0 Å². The lowest BCUT2D eigenvalue weighted by molar-refractivity contribution is 0.101. The second-order valence-corrected chi connectivity index (χ2v) is 6.80. The zero-order valence-electron chi connectivity index (χ0n) is 15.3. The summed E-state index contributed by atoms with van der Waals surface area (Å²) < 4.78 is 22.1. The van der Waals surface area contributed by atoms with E-state index in [0.717, 1.165) is 0 Å². The molecule has 0 saturated carbocycles. The van der Waals surface area contributed by atoms with Gasteiger partial charge in [0.1, 0.15) is 11.6 Å². The van der Waals surface area contributed by atoms with E-state index in [2.05, 4.69) is 20.7 Å². The number of amides is 1. The Morgan fingerprint density at radius 1 is 1.24 bits per heavy atom. The van der Waals surface area contributed by atoms with Gasteiger partial charge in [-0.15, -0.1) is 0 Å². The summed E-state index contributed by atoms with van der Waals surface area (Å²) in [6.45, 7) is 2.25. The molecule has 148 valence electrons. The molecule has 0 aliphatic carbocycles. The molecule has 0 unspecified atom stereocenters. The zero-order chi connectivity index (χ0) is 20.4. The van der Waals surface area contributed by atoms with E-state index in [1.807, 2.05) is 0 Å². The number of hydrogen-bond acceptors (Lipinski definition) is 5. The molecule has 0 aliphatic rings. The van der Waals surface area contributed by atoms with Crippen LogP contribution in [0.1, 0.15) is 27.4 Å². The largest absolute Gasteiger partial charge is 0.361 e. The van der Waals surface area contributed by atoms with Crippen LogP contribution in [0.3, 0.4) is 0 Å². The van der Waals surface area contributed by atoms with Crippen LogP contribution in [0.4, 0.5) is 10.2 Å². The maximum Gasteiger partial charge on any atom is 0.279 e. The van der Waals surface area contributed by atoms with Gasteiger partial charge in [-0.25, -0.2) is 4.39 Å².